The van der Waals surface area contributed by atoms with Crippen molar-refractivity contribution >= 4 is 0 Å². The smallest absolute Gasteiger partial charge is 0.0673 e. The van der Waals surface area contributed by atoms with E-state index in [1.807, 2.05) is 0 Å². The largest absolute Gasteiger partial charge is 0.380 e. The van der Waals surface area contributed by atoms with E-state index in [4.69, 9.17) is 15.2 Å². The van der Waals surface area contributed by atoms with Gasteiger partial charge in [-0.15, -0.1) is 0 Å². The summed E-state index contributed by atoms with van der Waals surface area (Å²) >= 11 is 0. The second-order valence-electron chi connectivity index (χ2n) is 4.40. The number of hydrogen-bond donors (Lipinski definition) is 1. The molecule has 1 aliphatic heterocycles. The third-order valence-electron chi connectivity index (χ3n) is 2.98. The monoisotopic (exact) mass is 227 g/mol. The Morgan fingerprint density at radius 3 is 3.06 bits per heavy atom. The summed E-state index contributed by atoms with van der Waals surface area (Å²) in [5, 5.41) is 0. The Hall–Kier alpha value is -0.380. The second-order valence-corrected chi connectivity index (χ2v) is 4.40. The van der Waals surface area contributed by atoms with Crippen LogP contribution in [0.15, 0.2) is 11.6 Å². The number of methoxy groups -OCH3 is 1. The summed E-state index contributed by atoms with van der Waals surface area (Å²) in [7, 11) is 1.75. The third-order valence-corrected chi connectivity index (χ3v) is 2.98. The van der Waals surface area contributed by atoms with Crippen LogP contribution in [0.3, 0.4) is 0 Å². The van der Waals surface area contributed by atoms with Gasteiger partial charge in [-0.25, -0.2) is 0 Å². The molecule has 1 aliphatic rings. The van der Waals surface area contributed by atoms with Crippen molar-refractivity contribution in [3.63, 3.8) is 0 Å². The molecule has 0 aromatic rings. The van der Waals surface area contributed by atoms with Crippen LogP contribution in [0.5, 0.6) is 0 Å². The van der Waals surface area contributed by atoms with Crippen molar-refractivity contribution in [2.45, 2.75) is 44.6 Å². The predicted molar refractivity (Wildman–Crippen MR) is 66.5 cm³/mol. The molecule has 0 aromatic carbocycles. The first-order valence-electron chi connectivity index (χ1n) is 6.35. The molecule has 1 fully saturated rings. The highest BCUT2D eigenvalue weighted by atomic mass is 16.5. The molecule has 3 heteroatoms. The molecule has 1 atom stereocenters. The standard InChI is InChI=1S/C13H25NO2/c1-15-11-12(6-3-9-14)5-2-7-13-8-4-10-16-13/h5,13H,2-4,6-11,14H2,1H3. The highest BCUT2D eigenvalue weighted by Gasteiger charge is 2.13. The lowest BCUT2D eigenvalue weighted by molar-refractivity contribution is 0.105. The van der Waals surface area contributed by atoms with Crippen LogP contribution < -0.4 is 5.73 Å². The van der Waals surface area contributed by atoms with Crippen LogP contribution >= 0.6 is 0 Å². The van der Waals surface area contributed by atoms with Gasteiger partial charge in [-0.2, -0.15) is 0 Å². The maximum Gasteiger partial charge on any atom is 0.0673 e. The lowest BCUT2D eigenvalue weighted by Gasteiger charge is -2.09. The van der Waals surface area contributed by atoms with E-state index in [0.717, 1.165) is 45.4 Å². The Labute approximate surface area is 99.0 Å². The summed E-state index contributed by atoms with van der Waals surface area (Å²) in [5.74, 6) is 0. The summed E-state index contributed by atoms with van der Waals surface area (Å²) in [4.78, 5) is 0. The van der Waals surface area contributed by atoms with Crippen molar-refractivity contribution in [2.24, 2.45) is 5.73 Å². The molecule has 1 unspecified atom stereocenters. The zero-order valence-corrected chi connectivity index (χ0v) is 10.4. The fourth-order valence-electron chi connectivity index (χ4n) is 2.09. The Bertz CT molecular complexity index is 198. The predicted octanol–water partition coefficient (Wildman–Crippen LogP) is 2.26. The van der Waals surface area contributed by atoms with Crippen molar-refractivity contribution in [3.8, 4) is 0 Å². The van der Waals surface area contributed by atoms with Crippen LogP contribution in [0, 0.1) is 0 Å². The zero-order valence-electron chi connectivity index (χ0n) is 10.4. The average Bonchev–Trinajstić information content (AvgIpc) is 2.79. The minimum Gasteiger partial charge on any atom is -0.380 e. The van der Waals surface area contributed by atoms with Gasteiger partial charge in [-0.05, 0) is 50.6 Å². The molecule has 94 valence electrons. The van der Waals surface area contributed by atoms with Gasteiger partial charge in [-0.1, -0.05) is 6.08 Å². The van der Waals surface area contributed by atoms with Crippen molar-refractivity contribution in [2.75, 3.05) is 26.9 Å². The summed E-state index contributed by atoms with van der Waals surface area (Å²) in [6.07, 6.45) is 9.63. The molecule has 0 radical (unpaired) electrons. The van der Waals surface area contributed by atoms with E-state index in [1.165, 1.54) is 18.4 Å². The van der Waals surface area contributed by atoms with Crippen LogP contribution in [0.2, 0.25) is 0 Å². The van der Waals surface area contributed by atoms with E-state index in [2.05, 4.69) is 6.08 Å². The maximum atomic E-state index is 5.60. The average molecular weight is 227 g/mol. The molecule has 0 spiro atoms. The Morgan fingerprint density at radius 1 is 1.56 bits per heavy atom. The quantitative estimate of drug-likeness (QED) is 0.647. The van der Waals surface area contributed by atoms with Crippen LogP contribution in [-0.2, 0) is 9.47 Å². The highest BCUT2D eigenvalue weighted by Crippen LogP contribution is 2.18. The number of ether oxygens (including phenoxy) is 2. The van der Waals surface area contributed by atoms with Crippen molar-refractivity contribution in [3.05, 3.63) is 11.6 Å². The topological polar surface area (TPSA) is 44.5 Å². The Morgan fingerprint density at radius 2 is 2.44 bits per heavy atom. The third kappa shape index (κ3) is 5.64. The molecule has 2 N–H and O–H groups in total. The highest BCUT2D eigenvalue weighted by molar-refractivity contribution is 5.02. The van der Waals surface area contributed by atoms with Crippen molar-refractivity contribution < 1.29 is 9.47 Å². The lowest BCUT2D eigenvalue weighted by atomic mass is 10.1. The first-order chi connectivity index (χ1) is 7.86. The fraction of sp³-hybridized carbons (Fsp3) is 0.846. The van der Waals surface area contributed by atoms with E-state index < -0.39 is 0 Å². The molecule has 16 heavy (non-hydrogen) atoms. The Kier molecular flexibility index (Phi) is 7.47. The van der Waals surface area contributed by atoms with Gasteiger partial charge in [0.2, 0.25) is 0 Å². The molecule has 0 aromatic heterocycles. The second kappa shape index (κ2) is 8.74. The molecular weight excluding hydrogens is 202 g/mol. The number of allylic oxidation sites excluding steroid dienone is 1. The zero-order chi connectivity index (χ0) is 11.6. The van der Waals surface area contributed by atoms with Crippen LogP contribution in [0.1, 0.15) is 38.5 Å². The molecule has 1 rings (SSSR count). The van der Waals surface area contributed by atoms with E-state index in [0.29, 0.717) is 6.10 Å². The summed E-state index contributed by atoms with van der Waals surface area (Å²) in [5.41, 5.74) is 6.89. The molecule has 0 saturated carbocycles. The van der Waals surface area contributed by atoms with E-state index in [9.17, 15) is 0 Å². The van der Waals surface area contributed by atoms with Crippen LogP contribution in [0.25, 0.3) is 0 Å². The molecular formula is C13H25NO2. The van der Waals surface area contributed by atoms with Gasteiger partial charge in [0.05, 0.1) is 12.7 Å². The molecule has 0 amide bonds. The first-order valence-corrected chi connectivity index (χ1v) is 6.35. The van der Waals surface area contributed by atoms with E-state index >= 15 is 0 Å². The molecule has 3 nitrogen and oxygen atoms in total. The van der Waals surface area contributed by atoms with Gasteiger partial charge in [-0.3, -0.25) is 0 Å². The van der Waals surface area contributed by atoms with Gasteiger partial charge in [0.15, 0.2) is 0 Å². The molecule has 1 heterocycles. The van der Waals surface area contributed by atoms with Crippen molar-refractivity contribution in [1.29, 1.82) is 0 Å². The Balaban J connectivity index is 2.20. The van der Waals surface area contributed by atoms with Gasteiger partial charge in [0.25, 0.3) is 0 Å². The number of rotatable bonds is 8. The fourth-order valence-corrected chi connectivity index (χ4v) is 2.09. The summed E-state index contributed by atoms with van der Waals surface area (Å²) in [6.45, 7) is 2.45. The van der Waals surface area contributed by atoms with Gasteiger partial charge >= 0.3 is 0 Å². The number of hydrogen-bond acceptors (Lipinski definition) is 3. The minimum absolute atomic E-state index is 0.495. The maximum absolute atomic E-state index is 5.60. The molecule has 0 aliphatic carbocycles. The summed E-state index contributed by atoms with van der Waals surface area (Å²) < 4.78 is 10.8. The van der Waals surface area contributed by atoms with Crippen LogP contribution in [-0.4, -0.2) is 33.0 Å². The van der Waals surface area contributed by atoms with Crippen molar-refractivity contribution in [1.82, 2.24) is 0 Å². The first kappa shape index (κ1) is 13.7. The number of nitrogens with two attached hydrogens (primary N) is 1. The van der Waals surface area contributed by atoms with E-state index in [-0.39, 0.29) is 0 Å². The SMILES string of the molecule is COCC(=CCCC1CCCO1)CCCN. The normalized spacial score (nSPS) is 21.6. The van der Waals surface area contributed by atoms with E-state index in [1.54, 1.807) is 7.11 Å². The molecule has 1 saturated heterocycles. The summed E-state index contributed by atoms with van der Waals surface area (Å²) in [6, 6.07) is 0. The van der Waals surface area contributed by atoms with Crippen LogP contribution in [0.4, 0.5) is 0 Å². The minimum atomic E-state index is 0.495. The van der Waals surface area contributed by atoms with Gasteiger partial charge in [0.1, 0.15) is 0 Å². The van der Waals surface area contributed by atoms with Gasteiger partial charge in [0, 0.05) is 13.7 Å². The lowest BCUT2D eigenvalue weighted by Crippen LogP contribution is -2.05. The van der Waals surface area contributed by atoms with Gasteiger partial charge < -0.3 is 15.2 Å². The molecule has 0 bridgehead atoms.